The summed E-state index contributed by atoms with van der Waals surface area (Å²) < 4.78 is 4.58. The Balaban J connectivity index is 1.92. The van der Waals surface area contributed by atoms with Gasteiger partial charge in [0, 0.05) is 13.0 Å². The van der Waals surface area contributed by atoms with Gasteiger partial charge < -0.3 is 9.64 Å². The number of ether oxygens (including phenoxy) is 1. The molecule has 1 aliphatic rings. The number of amides is 1. The molecule has 1 unspecified atom stereocenters. The van der Waals surface area contributed by atoms with Crippen molar-refractivity contribution >= 4 is 17.7 Å². The van der Waals surface area contributed by atoms with Crippen LogP contribution < -0.4 is 0 Å². The van der Waals surface area contributed by atoms with Crippen molar-refractivity contribution in [3.8, 4) is 0 Å². The van der Waals surface area contributed by atoms with E-state index in [4.69, 9.17) is 0 Å². The van der Waals surface area contributed by atoms with E-state index >= 15 is 0 Å². The van der Waals surface area contributed by atoms with Gasteiger partial charge in [-0.1, -0.05) is 24.3 Å². The third kappa shape index (κ3) is 3.48. The Morgan fingerprint density at radius 2 is 2.05 bits per heavy atom. The van der Waals surface area contributed by atoms with Gasteiger partial charge in [-0.05, 0) is 24.5 Å². The number of aryl methyl sites for hydroxylation is 2. The molecular formula is C16H19NO4. The number of carbonyl (C=O) groups is 3. The zero-order chi connectivity index (χ0) is 15.4. The highest BCUT2D eigenvalue weighted by atomic mass is 16.5. The summed E-state index contributed by atoms with van der Waals surface area (Å²) in [6.07, 6.45) is 0.977. The first kappa shape index (κ1) is 15.2. The van der Waals surface area contributed by atoms with Crippen LogP contribution in [0.2, 0.25) is 0 Å². The van der Waals surface area contributed by atoms with Crippen molar-refractivity contribution in [2.24, 2.45) is 5.92 Å². The molecule has 2 rings (SSSR count). The molecule has 5 heteroatoms. The summed E-state index contributed by atoms with van der Waals surface area (Å²) in [7, 11) is 1.25. The maximum absolute atomic E-state index is 12.2. The second kappa shape index (κ2) is 6.52. The summed E-state index contributed by atoms with van der Waals surface area (Å²) in [5.41, 5.74) is 2.27. The minimum atomic E-state index is -0.822. The van der Waals surface area contributed by atoms with Gasteiger partial charge in [-0.15, -0.1) is 0 Å². The van der Waals surface area contributed by atoms with Crippen LogP contribution in [-0.4, -0.2) is 42.8 Å². The standard InChI is InChI=1S/C16H19NO4/c1-11-5-3-4-6-12(11)7-8-15(19)17-9-13(14(18)10-17)16(20)21-2/h3-6,13H,7-10H2,1-2H3. The smallest absolute Gasteiger partial charge is 0.318 e. The number of nitrogens with zero attached hydrogens (tertiary/aromatic N) is 1. The maximum Gasteiger partial charge on any atom is 0.318 e. The number of likely N-dealkylation sites (tertiary alicyclic amines) is 1. The molecule has 1 aliphatic heterocycles. The third-order valence-electron chi connectivity index (χ3n) is 3.85. The first-order valence-corrected chi connectivity index (χ1v) is 6.95. The van der Waals surface area contributed by atoms with Gasteiger partial charge in [-0.2, -0.15) is 0 Å². The van der Waals surface area contributed by atoms with E-state index in [1.807, 2.05) is 31.2 Å². The highest BCUT2D eigenvalue weighted by Gasteiger charge is 2.38. The zero-order valence-corrected chi connectivity index (χ0v) is 12.3. The Morgan fingerprint density at radius 3 is 2.71 bits per heavy atom. The number of benzene rings is 1. The summed E-state index contributed by atoms with van der Waals surface area (Å²) in [4.78, 5) is 36.8. The molecule has 0 aromatic heterocycles. The van der Waals surface area contributed by atoms with Crippen molar-refractivity contribution in [1.82, 2.24) is 4.90 Å². The summed E-state index contributed by atoms with van der Waals surface area (Å²) in [6, 6.07) is 7.90. The minimum absolute atomic E-state index is 0.00632. The van der Waals surface area contributed by atoms with Gasteiger partial charge >= 0.3 is 5.97 Å². The van der Waals surface area contributed by atoms with Gasteiger partial charge in [-0.3, -0.25) is 14.4 Å². The molecule has 0 radical (unpaired) electrons. The van der Waals surface area contributed by atoms with Gasteiger partial charge in [0.05, 0.1) is 13.7 Å². The van der Waals surface area contributed by atoms with Gasteiger partial charge in [-0.25, -0.2) is 0 Å². The maximum atomic E-state index is 12.2. The van der Waals surface area contributed by atoms with E-state index in [-0.39, 0.29) is 24.8 Å². The van der Waals surface area contributed by atoms with E-state index in [2.05, 4.69) is 4.74 Å². The molecular weight excluding hydrogens is 270 g/mol. The van der Waals surface area contributed by atoms with Gasteiger partial charge in [0.25, 0.3) is 0 Å². The van der Waals surface area contributed by atoms with Crippen LogP contribution >= 0.6 is 0 Å². The van der Waals surface area contributed by atoms with Crippen molar-refractivity contribution in [3.05, 3.63) is 35.4 Å². The Bertz CT molecular complexity index is 567. The van der Waals surface area contributed by atoms with E-state index in [9.17, 15) is 14.4 Å². The number of esters is 1. The van der Waals surface area contributed by atoms with Gasteiger partial charge in [0.2, 0.25) is 5.91 Å². The number of carbonyl (C=O) groups excluding carboxylic acids is 3. The highest BCUT2D eigenvalue weighted by molar-refractivity contribution is 6.03. The second-order valence-corrected chi connectivity index (χ2v) is 5.24. The SMILES string of the molecule is COC(=O)C1CN(C(=O)CCc2ccccc2C)CC1=O. The molecule has 0 aliphatic carbocycles. The van der Waals surface area contributed by atoms with Crippen LogP contribution in [-0.2, 0) is 25.5 Å². The highest BCUT2D eigenvalue weighted by Crippen LogP contribution is 2.17. The lowest BCUT2D eigenvalue weighted by molar-refractivity contribution is -0.147. The molecule has 0 saturated carbocycles. The van der Waals surface area contributed by atoms with E-state index < -0.39 is 11.9 Å². The Morgan fingerprint density at radius 1 is 1.33 bits per heavy atom. The van der Waals surface area contributed by atoms with E-state index in [1.54, 1.807) is 0 Å². The molecule has 21 heavy (non-hydrogen) atoms. The molecule has 0 spiro atoms. The number of hydrogen-bond donors (Lipinski definition) is 0. The van der Waals surface area contributed by atoms with Gasteiger partial charge in [0.15, 0.2) is 5.78 Å². The van der Waals surface area contributed by atoms with Gasteiger partial charge in [0.1, 0.15) is 5.92 Å². The zero-order valence-electron chi connectivity index (χ0n) is 12.3. The van der Waals surface area contributed by atoms with E-state index in [1.165, 1.54) is 12.0 Å². The van der Waals surface area contributed by atoms with Crippen LogP contribution in [0.4, 0.5) is 0 Å². The quantitative estimate of drug-likeness (QED) is 0.615. The van der Waals surface area contributed by atoms with Crippen molar-refractivity contribution in [1.29, 1.82) is 0 Å². The number of methoxy groups -OCH3 is 1. The van der Waals surface area contributed by atoms with Crippen molar-refractivity contribution < 1.29 is 19.1 Å². The average Bonchev–Trinajstić information content (AvgIpc) is 2.87. The third-order valence-corrected chi connectivity index (χ3v) is 3.85. The predicted octanol–water partition coefficient (Wildman–Crippen LogP) is 1.13. The monoisotopic (exact) mass is 289 g/mol. The molecule has 112 valence electrons. The van der Waals surface area contributed by atoms with Crippen LogP contribution in [0.3, 0.4) is 0 Å². The first-order chi connectivity index (χ1) is 10.0. The van der Waals surface area contributed by atoms with E-state index in [0.29, 0.717) is 12.8 Å². The molecule has 0 bridgehead atoms. The lowest BCUT2D eigenvalue weighted by atomic mass is 10.0. The molecule has 1 fully saturated rings. The molecule has 5 nitrogen and oxygen atoms in total. The Hall–Kier alpha value is -2.17. The van der Waals surface area contributed by atoms with Crippen molar-refractivity contribution in [2.45, 2.75) is 19.8 Å². The van der Waals surface area contributed by atoms with Crippen LogP contribution in [0.1, 0.15) is 17.5 Å². The summed E-state index contributed by atoms with van der Waals surface area (Å²) in [5, 5.41) is 0. The van der Waals surface area contributed by atoms with Crippen LogP contribution in [0.25, 0.3) is 0 Å². The Kier molecular flexibility index (Phi) is 4.73. The fourth-order valence-corrected chi connectivity index (χ4v) is 2.51. The Labute approximate surface area is 123 Å². The topological polar surface area (TPSA) is 63.7 Å². The molecule has 1 heterocycles. The minimum Gasteiger partial charge on any atom is -0.468 e. The van der Waals surface area contributed by atoms with Crippen molar-refractivity contribution in [2.75, 3.05) is 20.2 Å². The summed E-state index contributed by atoms with van der Waals surface area (Å²) >= 11 is 0. The lowest BCUT2D eigenvalue weighted by Crippen LogP contribution is -2.30. The fourth-order valence-electron chi connectivity index (χ4n) is 2.51. The van der Waals surface area contributed by atoms with Crippen molar-refractivity contribution in [3.63, 3.8) is 0 Å². The van der Waals surface area contributed by atoms with Crippen LogP contribution in [0.15, 0.2) is 24.3 Å². The lowest BCUT2D eigenvalue weighted by Gasteiger charge is -2.15. The number of Topliss-reactive ketones (excluding diaryl/α,β-unsaturated/α-hetero) is 1. The molecule has 1 atom stereocenters. The number of hydrogen-bond acceptors (Lipinski definition) is 4. The second-order valence-electron chi connectivity index (χ2n) is 5.24. The van der Waals surface area contributed by atoms with Crippen LogP contribution in [0.5, 0.6) is 0 Å². The van der Waals surface area contributed by atoms with E-state index in [0.717, 1.165) is 11.1 Å². The summed E-state index contributed by atoms with van der Waals surface area (Å²) in [5.74, 6) is -1.73. The number of ketones is 1. The molecule has 1 amide bonds. The summed E-state index contributed by atoms with van der Waals surface area (Å²) in [6.45, 7) is 2.15. The largest absolute Gasteiger partial charge is 0.468 e. The number of rotatable bonds is 4. The molecule has 1 aromatic rings. The fraction of sp³-hybridized carbons (Fsp3) is 0.438. The molecule has 0 N–H and O–H groups in total. The van der Waals surface area contributed by atoms with Crippen LogP contribution in [0, 0.1) is 12.8 Å². The normalized spacial score (nSPS) is 17.9. The predicted molar refractivity (Wildman–Crippen MR) is 76.6 cm³/mol. The first-order valence-electron chi connectivity index (χ1n) is 6.95. The average molecular weight is 289 g/mol. The molecule has 1 aromatic carbocycles. The molecule has 1 saturated heterocycles.